The van der Waals surface area contributed by atoms with Crippen LogP contribution in [0.1, 0.15) is 39.4 Å². The zero-order valence-electron chi connectivity index (χ0n) is 13.8. The second-order valence-corrected chi connectivity index (χ2v) is 6.53. The summed E-state index contributed by atoms with van der Waals surface area (Å²) < 4.78 is 13.0. The Kier molecular flexibility index (Phi) is 5.09. The van der Waals surface area contributed by atoms with Crippen LogP contribution in [-0.4, -0.2) is 22.3 Å². The highest BCUT2D eigenvalue weighted by atomic mass is 32.1. The van der Waals surface area contributed by atoms with Crippen molar-refractivity contribution < 1.29 is 19.1 Å². The fourth-order valence-corrected chi connectivity index (χ4v) is 3.27. The molecule has 1 aromatic heterocycles. The van der Waals surface area contributed by atoms with Gasteiger partial charge in [-0.05, 0) is 49.4 Å². The number of aldehydes is 1. The zero-order valence-corrected chi connectivity index (χ0v) is 14.6. The summed E-state index contributed by atoms with van der Waals surface area (Å²) in [6.07, 6.45) is 0.491. The van der Waals surface area contributed by atoms with Crippen molar-refractivity contribution in [3.05, 3.63) is 70.5 Å². The summed E-state index contributed by atoms with van der Waals surface area (Å²) in [4.78, 5) is 27.7. The van der Waals surface area contributed by atoms with Gasteiger partial charge in [0.1, 0.15) is 16.6 Å². The van der Waals surface area contributed by atoms with Crippen LogP contribution in [0.3, 0.4) is 0 Å². The summed E-state index contributed by atoms with van der Waals surface area (Å²) >= 11 is 1.40. The van der Waals surface area contributed by atoms with E-state index in [4.69, 9.17) is 0 Å². The Morgan fingerprint density at radius 3 is 2.69 bits per heavy atom. The first-order valence-corrected chi connectivity index (χ1v) is 8.66. The molecule has 2 N–H and O–H groups in total. The largest absolute Gasteiger partial charge is 0.507 e. The molecule has 3 rings (SSSR count). The number of carbonyl (C=O) groups is 2. The molecule has 0 radical (unpaired) electrons. The first kappa shape index (κ1) is 17.8. The van der Waals surface area contributed by atoms with Crippen molar-refractivity contribution in [3.63, 3.8) is 0 Å². The summed E-state index contributed by atoms with van der Waals surface area (Å²) in [5.74, 6) is -0.861. The number of amides is 1. The van der Waals surface area contributed by atoms with Gasteiger partial charge in [-0.25, -0.2) is 9.37 Å². The summed E-state index contributed by atoms with van der Waals surface area (Å²) in [5.41, 5.74) is 1.80. The predicted molar refractivity (Wildman–Crippen MR) is 96.9 cm³/mol. The third kappa shape index (κ3) is 3.78. The molecule has 1 atom stereocenters. The number of hydrogen-bond donors (Lipinski definition) is 2. The maximum absolute atomic E-state index is 13.0. The van der Waals surface area contributed by atoms with Crippen LogP contribution in [0.4, 0.5) is 4.39 Å². The highest BCUT2D eigenvalue weighted by Gasteiger charge is 2.16. The summed E-state index contributed by atoms with van der Waals surface area (Å²) in [6.45, 7) is 1.79. The van der Waals surface area contributed by atoms with Gasteiger partial charge in [0, 0.05) is 16.5 Å². The molecule has 0 aliphatic carbocycles. The number of rotatable bonds is 5. The lowest BCUT2D eigenvalue weighted by molar-refractivity contribution is 0.0939. The van der Waals surface area contributed by atoms with E-state index < -0.39 is 0 Å². The van der Waals surface area contributed by atoms with E-state index in [1.807, 2.05) is 5.38 Å². The quantitative estimate of drug-likeness (QED) is 0.667. The lowest BCUT2D eigenvalue weighted by atomic mass is 10.1. The fraction of sp³-hybridized carbons (Fsp3) is 0.105. The molecule has 2 aromatic carbocycles. The van der Waals surface area contributed by atoms with Crippen molar-refractivity contribution >= 4 is 23.5 Å². The number of hydrogen-bond acceptors (Lipinski definition) is 5. The molecule has 0 spiro atoms. The van der Waals surface area contributed by atoms with Gasteiger partial charge in [-0.15, -0.1) is 11.3 Å². The third-order valence-electron chi connectivity index (χ3n) is 3.82. The number of halogens is 1. The number of aromatic hydroxyl groups is 1. The van der Waals surface area contributed by atoms with Crippen LogP contribution in [0.5, 0.6) is 5.75 Å². The van der Waals surface area contributed by atoms with Gasteiger partial charge in [-0.1, -0.05) is 0 Å². The van der Waals surface area contributed by atoms with Crippen LogP contribution in [0.15, 0.2) is 47.8 Å². The number of phenolic OH excluding ortho intramolecular Hbond substituents is 1. The molecular formula is C19H15FN2O3S. The first-order valence-electron chi connectivity index (χ1n) is 7.78. The second-order valence-electron chi connectivity index (χ2n) is 5.67. The zero-order chi connectivity index (χ0) is 18.7. The maximum atomic E-state index is 13.0. The smallest absolute Gasteiger partial charge is 0.251 e. The molecular weight excluding hydrogens is 355 g/mol. The van der Waals surface area contributed by atoms with E-state index in [-0.39, 0.29) is 34.6 Å². The van der Waals surface area contributed by atoms with Gasteiger partial charge in [-0.2, -0.15) is 0 Å². The van der Waals surface area contributed by atoms with E-state index in [9.17, 15) is 19.1 Å². The SMILES string of the molecule is CC(NC(=O)c1ccc(O)c(C=O)c1)c1csc(-c2ccc(F)cc2)n1. The van der Waals surface area contributed by atoms with E-state index in [0.717, 1.165) is 10.6 Å². The monoisotopic (exact) mass is 370 g/mol. The Bertz CT molecular complexity index is 954. The molecule has 7 heteroatoms. The van der Waals surface area contributed by atoms with Gasteiger partial charge in [0.25, 0.3) is 5.91 Å². The Hall–Kier alpha value is -3.06. The fourth-order valence-electron chi connectivity index (χ4n) is 2.35. The number of thiazole rings is 1. The molecule has 1 heterocycles. The molecule has 26 heavy (non-hydrogen) atoms. The summed E-state index contributed by atoms with van der Waals surface area (Å²) in [7, 11) is 0. The lowest BCUT2D eigenvalue weighted by Gasteiger charge is -2.12. The molecule has 132 valence electrons. The van der Waals surface area contributed by atoms with Crippen LogP contribution < -0.4 is 5.32 Å². The summed E-state index contributed by atoms with van der Waals surface area (Å²) in [5, 5.41) is 14.9. The minimum absolute atomic E-state index is 0.0533. The Labute approximate surface area is 153 Å². The van der Waals surface area contributed by atoms with Gasteiger partial charge < -0.3 is 10.4 Å². The van der Waals surface area contributed by atoms with Gasteiger partial charge in [0.15, 0.2) is 6.29 Å². The topological polar surface area (TPSA) is 79.3 Å². The van der Waals surface area contributed by atoms with Crippen LogP contribution in [0, 0.1) is 5.82 Å². The van der Waals surface area contributed by atoms with Crippen molar-refractivity contribution in [2.45, 2.75) is 13.0 Å². The van der Waals surface area contributed by atoms with E-state index >= 15 is 0 Å². The maximum Gasteiger partial charge on any atom is 0.251 e. The summed E-state index contributed by atoms with van der Waals surface area (Å²) in [6, 6.07) is 9.76. The molecule has 1 unspecified atom stereocenters. The van der Waals surface area contributed by atoms with Crippen LogP contribution in [-0.2, 0) is 0 Å². The number of phenols is 1. The minimum atomic E-state index is -0.378. The van der Waals surface area contributed by atoms with Gasteiger partial charge in [0.2, 0.25) is 0 Å². The second kappa shape index (κ2) is 7.45. The van der Waals surface area contributed by atoms with Crippen molar-refractivity contribution in [2.75, 3.05) is 0 Å². The number of nitrogens with one attached hydrogen (secondary N) is 1. The average Bonchev–Trinajstić information content (AvgIpc) is 3.13. The predicted octanol–water partition coefficient (Wildman–Crippen LogP) is 3.96. The molecule has 1 amide bonds. The van der Waals surface area contributed by atoms with Crippen molar-refractivity contribution in [1.29, 1.82) is 0 Å². The normalized spacial score (nSPS) is 11.8. The number of benzene rings is 2. The van der Waals surface area contributed by atoms with Crippen LogP contribution in [0.2, 0.25) is 0 Å². The molecule has 3 aromatic rings. The number of aromatic nitrogens is 1. The highest BCUT2D eigenvalue weighted by Crippen LogP contribution is 2.26. The molecule has 5 nitrogen and oxygen atoms in total. The van der Waals surface area contributed by atoms with Crippen LogP contribution in [0.25, 0.3) is 10.6 Å². The average molecular weight is 370 g/mol. The number of nitrogens with zero attached hydrogens (tertiary/aromatic N) is 1. The first-order chi connectivity index (χ1) is 12.5. The van der Waals surface area contributed by atoms with Gasteiger partial charge in [-0.3, -0.25) is 9.59 Å². The minimum Gasteiger partial charge on any atom is -0.507 e. The Morgan fingerprint density at radius 2 is 2.00 bits per heavy atom. The van der Waals surface area contributed by atoms with Crippen molar-refractivity contribution in [3.8, 4) is 16.3 Å². The Morgan fingerprint density at radius 1 is 1.27 bits per heavy atom. The molecule has 0 saturated heterocycles. The molecule has 0 aliphatic rings. The van der Waals surface area contributed by atoms with E-state index in [1.165, 1.54) is 41.7 Å². The van der Waals surface area contributed by atoms with Crippen molar-refractivity contribution in [2.24, 2.45) is 0 Å². The van der Waals surface area contributed by atoms with E-state index in [2.05, 4.69) is 10.3 Å². The van der Waals surface area contributed by atoms with Crippen molar-refractivity contribution in [1.82, 2.24) is 10.3 Å². The third-order valence-corrected chi connectivity index (χ3v) is 4.73. The van der Waals surface area contributed by atoms with Crippen LogP contribution >= 0.6 is 11.3 Å². The standard InChI is InChI=1S/C19H15FN2O3S/c1-11(21-18(25)13-4-7-17(24)14(8-13)9-23)16-10-26-19(22-16)12-2-5-15(20)6-3-12/h2-11,24H,1H3,(H,21,25). The molecule has 0 aliphatic heterocycles. The number of carbonyl (C=O) groups excluding carboxylic acids is 2. The lowest BCUT2D eigenvalue weighted by Crippen LogP contribution is -2.26. The molecule has 0 bridgehead atoms. The van der Waals surface area contributed by atoms with E-state index in [0.29, 0.717) is 12.0 Å². The van der Waals surface area contributed by atoms with Gasteiger partial charge >= 0.3 is 0 Å². The molecule has 0 saturated carbocycles. The van der Waals surface area contributed by atoms with E-state index in [1.54, 1.807) is 19.1 Å². The van der Waals surface area contributed by atoms with Gasteiger partial charge in [0.05, 0.1) is 17.3 Å². The molecule has 0 fully saturated rings. The Balaban J connectivity index is 1.74. The highest BCUT2D eigenvalue weighted by molar-refractivity contribution is 7.13.